The maximum atomic E-state index is 12.6. The van der Waals surface area contributed by atoms with Gasteiger partial charge < -0.3 is 15.1 Å². The predicted octanol–water partition coefficient (Wildman–Crippen LogP) is 4.57. The van der Waals surface area contributed by atoms with E-state index in [0.29, 0.717) is 23.2 Å². The summed E-state index contributed by atoms with van der Waals surface area (Å²) in [6.07, 6.45) is 6.74. The zero-order valence-corrected chi connectivity index (χ0v) is 19.4. The Labute approximate surface area is 193 Å². The van der Waals surface area contributed by atoms with Gasteiger partial charge in [0.05, 0.1) is 11.9 Å². The number of hydrogen-bond donors (Lipinski definition) is 3. The monoisotopic (exact) mass is 449 g/mol. The minimum absolute atomic E-state index is 0.108. The predicted molar refractivity (Wildman–Crippen MR) is 126 cm³/mol. The fourth-order valence-corrected chi connectivity index (χ4v) is 4.00. The third kappa shape index (κ3) is 5.16. The van der Waals surface area contributed by atoms with Crippen molar-refractivity contribution in [1.82, 2.24) is 25.8 Å². The largest absolute Gasteiger partial charge is 0.431 e. The summed E-state index contributed by atoms with van der Waals surface area (Å²) in [5.74, 6) is 0.689. The number of oxazole rings is 1. The van der Waals surface area contributed by atoms with Crippen molar-refractivity contribution in [2.24, 2.45) is 5.92 Å². The number of carbonyl (C=O) groups excluding carboxylic acids is 2. The zero-order valence-electron chi connectivity index (χ0n) is 19.4. The first kappa shape index (κ1) is 22.8. The van der Waals surface area contributed by atoms with Gasteiger partial charge in [-0.3, -0.25) is 14.7 Å². The van der Waals surface area contributed by atoms with E-state index in [1.54, 1.807) is 6.07 Å². The number of aromatic nitrogens is 3. The highest BCUT2D eigenvalue weighted by molar-refractivity contribution is 5.93. The van der Waals surface area contributed by atoms with Crippen LogP contribution in [0.5, 0.6) is 0 Å². The van der Waals surface area contributed by atoms with Crippen molar-refractivity contribution >= 4 is 11.8 Å². The van der Waals surface area contributed by atoms with Crippen LogP contribution in [0.2, 0.25) is 0 Å². The normalized spacial score (nSPS) is 14.7. The minimum Gasteiger partial charge on any atom is -0.431 e. The van der Waals surface area contributed by atoms with Gasteiger partial charge in [-0.15, -0.1) is 0 Å². The first-order valence-corrected chi connectivity index (χ1v) is 11.7. The van der Waals surface area contributed by atoms with Crippen molar-refractivity contribution in [3.63, 3.8) is 0 Å². The number of amides is 2. The Balaban J connectivity index is 1.46. The molecular weight excluding hydrogens is 418 g/mol. The van der Waals surface area contributed by atoms with Crippen molar-refractivity contribution < 1.29 is 14.0 Å². The van der Waals surface area contributed by atoms with E-state index in [0.717, 1.165) is 24.0 Å². The summed E-state index contributed by atoms with van der Waals surface area (Å²) in [4.78, 5) is 29.3. The van der Waals surface area contributed by atoms with Gasteiger partial charge in [0, 0.05) is 23.2 Å². The zero-order chi connectivity index (χ0) is 23.4. The molecule has 1 unspecified atom stereocenters. The Morgan fingerprint density at radius 1 is 1.12 bits per heavy atom. The van der Waals surface area contributed by atoms with Crippen LogP contribution in [0.25, 0.3) is 22.7 Å². The summed E-state index contributed by atoms with van der Waals surface area (Å²) < 4.78 is 5.72. The van der Waals surface area contributed by atoms with Crippen LogP contribution in [0, 0.1) is 5.92 Å². The van der Waals surface area contributed by atoms with Gasteiger partial charge in [0.15, 0.2) is 0 Å². The topological polar surface area (TPSA) is 113 Å². The van der Waals surface area contributed by atoms with E-state index in [2.05, 4.69) is 32.7 Å². The van der Waals surface area contributed by atoms with Crippen LogP contribution in [-0.2, 0) is 0 Å². The van der Waals surface area contributed by atoms with Gasteiger partial charge in [-0.25, -0.2) is 4.98 Å². The van der Waals surface area contributed by atoms with Gasteiger partial charge in [0.2, 0.25) is 11.7 Å². The highest BCUT2D eigenvalue weighted by Gasteiger charge is 2.26. The van der Waals surface area contributed by atoms with E-state index in [1.807, 2.05) is 38.1 Å². The average molecular weight is 450 g/mol. The van der Waals surface area contributed by atoms with Crippen LogP contribution in [0.15, 0.2) is 40.9 Å². The van der Waals surface area contributed by atoms with Crippen LogP contribution < -0.4 is 10.6 Å². The molecule has 0 radical (unpaired) electrons. The molecule has 174 valence electrons. The molecule has 1 aromatic carbocycles. The number of carbonyl (C=O) groups is 2. The fraction of sp³-hybridized carbons (Fsp3) is 0.440. The molecule has 3 N–H and O–H groups in total. The summed E-state index contributed by atoms with van der Waals surface area (Å²) >= 11 is 0. The molecule has 8 nitrogen and oxygen atoms in total. The lowest BCUT2D eigenvalue weighted by Gasteiger charge is -2.31. The van der Waals surface area contributed by atoms with Crippen LogP contribution >= 0.6 is 0 Å². The molecule has 2 amide bonds. The Hall–Kier alpha value is -3.42. The molecule has 1 fully saturated rings. The van der Waals surface area contributed by atoms with Gasteiger partial charge >= 0.3 is 0 Å². The molecule has 33 heavy (non-hydrogen) atoms. The molecule has 0 bridgehead atoms. The second-order valence-electron chi connectivity index (χ2n) is 8.72. The number of nitrogens with one attached hydrogen (secondary N) is 3. The number of aromatic amines is 1. The molecule has 1 aliphatic rings. The SMILES string of the molecule is CCC(CC)NC(=O)c1cnc(-c2cccc(-c3cc(C(=O)NC(C)C4CCC4)[nH]n3)c2)o1. The summed E-state index contributed by atoms with van der Waals surface area (Å²) in [7, 11) is 0. The number of rotatable bonds is 9. The van der Waals surface area contributed by atoms with E-state index in [9.17, 15) is 9.59 Å². The van der Waals surface area contributed by atoms with Gasteiger partial charge in [0.25, 0.3) is 11.8 Å². The molecule has 0 spiro atoms. The van der Waals surface area contributed by atoms with Gasteiger partial charge in [-0.2, -0.15) is 5.10 Å². The Kier molecular flexibility index (Phi) is 6.91. The van der Waals surface area contributed by atoms with E-state index >= 15 is 0 Å². The number of hydrogen-bond acceptors (Lipinski definition) is 5. The number of benzene rings is 1. The maximum Gasteiger partial charge on any atom is 0.288 e. The van der Waals surface area contributed by atoms with Crippen LogP contribution in [-0.4, -0.2) is 39.1 Å². The molecule has 2 aromatic heterocycles. The van der Waals surface area contributed by atoms with Crippen LogP contribution in [0.3, 0.4) is 0 Å². The molecule has 0 aliphatic heterocycles. The average Bonchev–Trinajstić information content (AvgIpc) is 3.46. The Morgan fingerprint density at radius 3 is 2.58 bits per heavy atom. The molecule has 3 aromatic rings. The Bertz CT molecular complexity index is 1110. The van der Waals surface area contributed by atoms with E-state index in [4.69, 9.17) is 4.42 Å². The van der Waals surface area contributed by atoms with Crippen molar-refractivity contribution in [1.29, 1.82) is 0 Å². The van der Waals surface area contributed by atoms with Crippen molar-refractivity contribution in [2.45, 2.75) is 65.0 Å². The van der Waals surface area contributed by atoms with Crippen molar-refractivity contribution in [3.8, 4) is 22.7 Å². The third-order valence-corrected chi connectivity index (χ3v) is 6.49. The van der Waals surface area contributed by atoms with Crippen LogP contribution in [0.4, 0.5) is 0 Å². The lowest BCUT2D eigenvalue weighted by Crippen LogP contribution is -2.40. The molecule has 2 heterocycles. The molecule has 1 atom stereocenters. The van der Waals surface area contributed by atoms with Crippen LogP contribution in [0.1, 0.15) is 73.9 Å². The molecule has 8 heteroatoms. The van der Waals surface area contributed by atoms with Crippen molar-refractivity contribution in [2.75, 3.05) is 0 Å². The van der Waals surface area contributed by atoms with Gasteiger partial charge in [0.1, 0.15) is 5.69 Å². The Morgan fingerprint density at radius 2 is 1.88 bits per heavy atom. The summed E-state index contributed by atoms with van der Waals surface area (Å²) in [5, 5.41) is 13.2. The molecule has 1 aliphatic carbocycles. The molecule has 4 rings (SSSR count). The standard InChI is InChI=1S/C25H31N5O3/c1-4-19(5-2)28-24(32)22-14-26-25(33-22)18-11-7-10-17(12-18)20-13-21(30-29-20)23(31)27-15(3)16-8-6-9-16/h7,10-16,19H,4-6,8-9H2,1-3H3,(H,27,31)(H,28,32)(H,29,30). The molecule has 1 saturated carbocycles. The first-order chi connectivity index (χ1) is 16.0. The van der Waals surface area contributed by atoms with E-state index in [1.165, 1.54) is 25.5 Å². The second-order valence-corrected chi connectivity index (χ2v) is 8.72. The fourth-order valence-electron chi connectivity index (χ4n) is 4.00. The summed E-state index contributed by atoms with van der Waals surface area (Å²) in [6, 6.07) is 9.52. The van der Waals surface area contributed by atoms with E-state index < -0.39 is 0 Å². The van der Waals surface area contributed by atoms with Crippen molar-refractivity contribution in [3.05, 3.63) is 48.0 Å². The lowest BCUT2D eigenvalue weighted by molar-refractivity contribution is 0.0898. The third-order valence-electron chi connectivity index (χ3n) is 6.49. The minimum atomic E-state index is -0.266. The van der Waals surface area contributed by atoms with Gasteiger partial charge in [-0.05, 0) is 56.7 Å². The quantitative estimate of drug-likeness (QED) is 0.443. The highest BCUT2D eigenvalue weighted by Crippen LogP contribution is 2.30. The smallest absolute Gasteiger partial charge is 0.288 e. The lowest BCUT2D eigenvalue weighted by atomic mass is 9.80. The van der Waals surface area contributed by atoms with Gasteiger partial charge in [-0.1, -0.05) is 32.4 Å². The second kappa shape index (κ2) is 10.0. The molecule has 0 saturated heterocycles. The number of H-pyrrole nitrogens is 1. The first-order valence-electron chi connectivity index (χ1n) is 11.7. The maximum absolute atomic E-state index is 12.6. The van der Waals surface area contributed by atoms with E-state index in [-0.39, 0.29) is 29.7 Å². The molecular formula is C25H31N5O3. The summed E-state index contributed by atoms with van der Waals surface area (Å²) in [5.41, 5.74) is 2.62. The number of nitrogens with zero attached hydrogens (tertiary/aromatic N) is 2. The summed E-state index contributed by atoms with van der Waals surface area (Å²) in [6.45, 7) is 6.12. The highest BCUT2D eigenvalue weighted by atomic mass is 16.4.